The van der Waals surface area contributed by atoms with Crippen LogP contribution in [0.2, 0.25) is 0 Å². The fraction of sp³-hybridized carbons (Fsp3) is 0.583. The Hall–Kier alpha value is -1.89. The van der Waals surface area contributed by atoms with Gasteiger partial charge in [0.2, 0.25) is 0 Å². The van der Waals surface area contributed by atoms with Gasteiger partial charge in [-0.2, -0.15) is 0 Å². The molecule has 1 saturated carbocycles. The van der Waals surface area contributed by atoms with E-state index in [1.165, 1.54) is 12.3 Å². The molecule has 7 heteroatoms. The van der Waals surface area contributed by atoms with Gasteiger partial charge in [-0.3, -0.25) is 14.9 Å². The molecule has 0 aliphatic heterocycles. The molecule has 0 aromatic carbocycles. The number of nitro groups is 1. The molecule has 1 heterocycles. The van der Waals surface area contributed by atoms with Crippen LogP contribution in [0.15, 0.2) is 12.3 Å². The molecule has 1 fully saturated rings. The van der Waals surface area contributed by atoms with Crippen LogP contribution >= 0.6 is 0 Å². The van der Waals surface area contributed by atoms with E-state index in [-0.39, 0.29) is 29.9 Å². The SMILES string of the molecule is CC(C)n1cc([N+](=O)[O-])cc1C(=O)NC1(CO)CC1. The van der Waals surface area contributed by atoms with Crippen molar-refractivity contribution in [2.75, 3.05) is 6.61 Å². The molecule has 2 rings (SSSR count). The van der Waals surface area contributed by atoms with Gasteiger partial charge in [0.05, 0.1) is 23.3 Å². The molecule has 2 N–H and O–H groups in total. The molecule has 1 aromatic rings. The fourth-order valence-corrected chi connectivity index (χ4v) is 1.95. The molecule has 0 bridgehead atoms. The zero-order valence-electron chi connectivity index (χ0n) is 10.9. The standard InChI is InChI=1S/C12H17N3O4/c1-8(2)14-6-9(15(18)19)5-10(14)11(17)13-12(7-16)3-4-12/h5-6,8,16H,3-4,7H2,1-2H3,(H,13,17). The van der Waals surface area contributed by atoms with Crippen molar-refractivity contribution in [1.29, 1.82) is 0 Å². The number of nitrogens with zero attached hydrogens (tertiary/aromatic N) is 2. The maximum absolute atomic E-state index is 12.2. The lowest BCUT2D eigenvalue weighted by Crippen LogP contribution is -2.40. The van der Waals surface area contributed by atoms with Crippen LogP contribution in [0.4, 0.5) is 5.69 Å². The molecule has 0 saturated heterocycles. The van der Waals surface area contributed by atoms with E-state index in [1.54, 1.807) is 4.57 Å². The second-order valence-corrected chi connectivity index (χ2v) is 5.23. The molecule has 1 aromatic heterocycles. The number of aromatic nitrogens is 1. The number of nitrogens with one attached hydrogen (secondary N) is 1. The van der Waals surface area contributed by atoms with Gasteiger partial charge >= 0.3 is 0 Å². The summed E-state index contributed by atoms with van der Waals surface area (Å²) in [6, 6.07) is 1.21. The molecule has 0 unspecified atom stereocenters. The predicted octanol–water partition coefficient (Wildman–Crippen LogP) is 1.23. The molecule has 1 aliphatic carbocycles. The van der Waals surface area contributed by atoms with Gasteiger partial charge in [0, 0.05) is 12.1 Å². The van der Waals surface area contributed by atoms with E-state index < -0.39 is 10.5 Å². The largest absolute Gasteiger partial charge is 0.394 e. The Balaban J connectivity index is 2.27. The van der Waals surface area contributed by atoms with Gasteiger partial charge in [-0.15, -0.1) is 0 Å². The van der Waals surface area contributed by atoms with Crippen molar-refractivity contribution in [3.05, 3.63) is 28.1 Å². The lowest BCUT2D eigenvalue weighted by Gasteiger charge is -2.16. The summed E-state index contributed by atoms with van der Waals surface area (Å²) in [4.78, 5) is 22.4. The van der Waals surface area contributed by atoms with E-state index in [4.69, 9.17) is 0 Å². The van der Waals surface area contributed by atoms with Crippen molar-refractivity contribution in [3.8, 4) is 0 Å². The molecule has 1 amide bonds. The van der Waals surface area contributed by atoms with Gasteiger partial charge in [-0.1, -0.05) is 0 Å². The minimum Gasteiger partial charge on any atom is -0.394 e. The zero-order valence-corrected chi connectivity index (χ0v) is 10.9. The Kier molecular flexibility index (Phi) is 3.32. The minimum absolute atomic E-state index is 0.0567. The Bertz CT molecular complexity index is 517. The van der Waals surface area contributed by atoms with Gasteiger partial charge in [0.25, 0.3) is 11.6 Å². The van der Waals surface area contributed by atoms with Crippen molar-refractivity contribution in [2.45, 2.75) is 38.3 Å². The second kappa shape index (κ2) is 4.65. The quantitative estimate of drug-likeness (QED) is 0.619. The van der Waals surface area contributed by atoms with E-state index >= 15 is 0 Å². The Morgan fingerprint density at radius 3 is 2.68 bits per heavy atom. The van der Waals surface area contributed by atoms with Crippen molar-refractivity contribution >= 4 is 11.6 Å². The van der Waals surface area contributed by atoms with Gasteiger partial charge in [0.1, 0.15) is 5.69 Å². The summed E-state index contributed by atoms with van der Waals surface area (Å²) in [5.74, 6) is -0.381. The molecule has 0 spiro atoms. The molecule has 7 nitrogen and oxygen atoms in total. The summed E-state index contributed by atoms with van der Waals surface area (Å²) in [7, 11) is 0. The number of hydrogen-bond donors (Lipinski definition) is 2. The van der Waals surface area contributed by atoms with Crippen LogP contribution in [0.5, 0.6) is 0 Å². The minimum atomic E-state index is -0.530. The van der Waals surface area contributed by atoms with Crippen molar-refractivity contribution in [2.24, 2.45) is 0 Å². The van der Waals surface area contributed by atoms with E-state index in [0.29, 0.717) is 0 Å². The highest BCUT2D eigenvalue weighted by Crippen LogP contribution is 2.35. The van der Waals surface area contributed by atoms with Crippen LogP contribution in [-0.4, -0.2) is 32.6 Å². The van der Waals surface area contributed by atoms with Crippen LogP contribution in [0, 0.1) is 10.1 Å². The third kappa shape index (κ3) is 2.60. The van der Waals surface area contributed by atoms with Gasteiger partial charge in [-0.25, -0.2) is 0 Å². The van der Waals surface area contributed by atoms with Crippen LogP contribution in [0.25, 0.3) is 0 Å². The van der Waals surface area contributed by atoms with Gasteiger partial charge in [0.15, 0.2) is 0 Å². The van der Waals surface area contributed by atoms with Gasteiger partial charge in [-0.05, 0) is 26.7 Å². The van der Waals surface area contributed by atoms with Crippen LogP contribution in [0.1, 0.15) is 43.2 Å². The second-order valence-electron chi connectivity index (χ2n) is 5.23. The summed E-state index contributed by atoms with van der Waals surface area (Å²) in [6.45, 7) is 3.59. The third-order valence-electron chi connectivity index (χ3n) is 3.37. The lowest BCUT2D eigenvalue weighted by molar-refractivity contribution is -0.384. The fourth-order valence-electron chi connectivity index (χ4n) is 1.95. The normalized spacial score (nSPS) is 16.4. The smallest absolute Gasteiger partial charge is 0.287 e. The first kappa shape index (κ1) is 13.5. The highest BCUT2D eigenvalue weighted by Gasteiger charge is 2.44. The van der Waals surface area contributed by atoms with Crippen LogP contribution < -0.4 is 5.32 Å². The van der Waals surface area contributed by atoms with Crippen LogP contribution in [0.3, 0.4) is 0 Å². The maximum atomic E-state index is 12.2. The van der Waals surface area contributed by atoms with Crippen molar-refractivity contribution in [3.63, 3.8) is 0 Å². The highest BCUT2D eigenvalue weighted by atomic mass is 16.6. The molecular formula is C12H17N3O4. The summed E-state index contributed by atoms with van der Waals surface area (Å²) in [5, 5.41) is 22.7. The average molecular weight is 267 g/mol. The number of rotatable bonds is 5. The number of amides is 1. The summed E-state index contributed by atoms with van der Waals surface area (Å²) in [5.41, 5.74) is -0.382. The average Bonchev–Trinajstić information content (AvgIpc) is 2.95. The monoisotopic (exact) mass is 267 g/mol. The number of carbonyl (C=O) groups excluding carboxylic acids is 1. The first-order chi connectivity index (χ1) is 8.88. The number of aliphatic hydroxyl groups excluding tert-OH is 1. The predicted molar refractivity (Wildman–Crippen MR) is 68.0 cm³/mol. The Morgan fingerprint density at radius 1 is 1.63 bits per heavy atom. The van der Waals surface area contributed by atoms with E-state index in [2.05, 4.69) is 5.32 Å². The Labute approximate surface area is 110 Å². The van der Waals surface area contributed by atoms with E-state index in [9.17, 15) is 20.0 Å². The summed E-state index contributed by atoms with van der Waals surface area (Å²) >= 11 is 0. The number of aliphatic hydroxyl groups is 1. The summed E-state index contributed by atoms with van der Waals surface area (Å²) in [6.07, 6.45) is 2.83. The molecule has 19 heavy (non-hydrogen) atoms. The topological polar surface area (TPSA) is 97.4 Å². The molecule has 104 valence electrons. The van der Waals surface area contributed by atoms with E-state index in [0.717, 1.165) is 12.8 Å². The highest BCUT2D eigenvalue weighted by molar-refractivity contribution is 5.94. The van der Waals surface area contributed by atoms with Crippen molar-refractivity contribution < 1.29 is 14.8 Å². The molecular weight excluding hydrogens is 250 g/mol. The molecule has 0 atom stereocenters. The van der Waals surface area contributed by atoms with E-state index in [1.807, 2.05) is 13.8 Å². The lowest BCUT2D eigenvalue weighted by atomic mass is 10.2. The zero-order chi connectivity index (χ0) is 14.2. The molecule has 1 aliphatic rings. The Morgan fingerprint density at radius 2 is 2.26 bits per heavy atom. The number of carbonyl (C=O) groups is 1. The van der Waals surface area contributed by atoms with Crippen LogP contribution in [-0.2, 0) is 0 Å². The first-order valence-electron chi connectivity index (χ1n) is 6.18. The number of hydrogen-bond acceptors (Lipinski definition) is 4. The van der Waals surface area contributed by atoms with Gasteiger partial charge < -0.3 is 15.0 Å². The third-order valence-corrected chi connectivity index (χ3v) is 3.37. The van der Waals surface area contributed by atoms with Crippen molar-refractivity contribution in [1.82, 2.24) is 9.88 Å². The molecule has 0 radical (unpaired) electrons. The summed E-state index contributed by atoms with van der Waals surface area (Å²) < 4.78 is 1.57. The maximum Gasteiger partial charge on any atom is 0.287 e. The first-order valence-corrected chi connectivity index (χ1v) is 6.18.